The predicted octanol–water partition coefficient (Wildman–Crippen LogP) is 4.36. The third-order valence-corrected chi connectivity index (χ3v) is 4.89. The third kappa shape index (κ3) is 3.90. The van der Waals surface area contributed by atoms with Crippen LogP contribution in [0, 0.1) is 5.92 Å². The molecule has 2 atom stereocenters. The highest BCUT2D eigenvalue weighted by Crippen LogP contribution is 2.28. The minimum atomic E-state index is -0.994. The lowest BCUT2D eigenvalue weighted by Crippen LogP contribution is -2.38. The second-order valence-electron chi connectivity index (χ2n) is 6.84. The van der Waals surface area contributed by atoms with Crippen LogP contribution in [0.15, 0.2) is 48.5 Å². The largest absolute Gasteiger partial charge is 0.478 e. The van der Waals surface area contributed by atoms with E-state index >= 15 is 0 Å². The Morgan fingerprint density at radius 1 is 0.960 bits per heavy atom. The van der Waals surface area contributed by atoms with E-state index in [1.807, 2.05) is 12.1 Å². The van der Waals surface area contributed by atoms with Crippen LogP contribution in [0.4, 0.5) is 0 Å². The molecule has 0 heterocycles. The van der Waals surface area contributed by atoms with Crippen molar-refractivity contribution >= 4 is 11.9 Å². The van der Waals surface area contributed by atoms with Gasteiger partial charge in [-0.3, -0.25) is 4.79 Å². The van der Waals surface area contributed by atoms with E-state index in [4.69, 9.17) is 0 Å². The number of hydrogen-bond donors (Lipinski definition) is 2. The van der Waals surface area contributed by atoms with Crippen molar-refractivity contribution in [2.75, 3.05) is 0 Å². The van der Waals surface area contributed by atoms with Crippen LogP contribution in [-0.2, 0) is 0 Å². The monoisotopic (exact) mass is 337 g/mol. The van der Waals surface area contributed by atoms with Crippen molar-refractivity contribution in [2.24, 2.45) is 5.92 Å². The highest BCUT2D eigenvalue weighted by molar-refractivity contribution is 6.04. The maximum absolute atomic E-state index is 12.8. The van der Waals surface area contributed by atoms with Crippen molar-refractivity contribution in [2.45, 2.75) is 38.6 Å². The smallest absolute Gasteiger partial charge is 0.336 e. The summed E-state index contributed by atoms with van der Waals surface area (Å²) in [6, 6.07) is 14.2. The van der Waals surface area contributed by atoms with E-state index in [0.717, 1.165) is 19.3 Å². The molecule has 4 nitrogen and oxygen atoms in total. The molecular formula is C21H23NO3. The second-order valence-corrected chi connectivity index (χ2v) is 6.84. The molecule has 2 aromatic carbocycles. The van der Waals surface area contributed by atoms with Gasteiger partial charge in [0.15, 0.2) is 0 Å². The van der Waals surface area contributed by atoms with Crippen molar-refractivity contribution < 1.29 is 14.7 Å². The van der Waals surface area contributed by atoms with E-state index in [2.05, 4.69) is 12.2 Å². The summed E-state index contributed by atoms with van der Waals surface area (Å²) in [5.41, 5.74) is 1.95. The van der Waals surface area contributed by atoms with E-state index in [-0.39, 0.29) is 17.5 Å². The summed E-state index contributed by atoms with van der Waals surface area (Å²) < 4.78 is 0. The van der Waals surface area contributed by atoms with Crippen LogP contribution >= 0.6 is 0 Å². The standard InChI is InChI=1S/C21H23NO3/c1-14-7-6-8-15(13-14)22-20(23)18-11-4-2-9-16(18)17-10-3-5-12-19(17)21(24)25/h2-5,9-12,14-15H,6-8,13H2,1H3,(H,22,23)(H,24,25). The first-order chi connectivity index (χ1) is 12.1. The fourth-order valence-electron chi connectivity index (χ4n) is 3.65. The van der Waals surface area contributed by atoms with Crippen molar-refractivity contribution in [3.8, 4) is 11.1 Å². The van der Waals surface area contributed by atoms with E-state index in [1.165, 1.54) is 6.42 Å². The minimum Gasteiger partial charge on any atom is -0.478 e. The van der Waals surface area contributed by atoms with Crippen molar-refractivity contribution in [3.05, 3.63) is 59.7 Å². The SMILES string of the molecule is CC1CCCC(NC(=O)c2ccccc2-c2ccccc2C(=O)O)C1. The highest BCUT2D eigenvalue weighted by atomic mass is 16.4. The number of carbonyl (C=O) groups is 2. The van der Waals surface area contributed by atoms with Gasteiger partial charge in [-0.25, -0.2) is 4.79 Å². The van der Waals surface area contributed by atoms with E-state index in [0.29, 0.717) is 22.6 Å². The first kappa shape index (κ1) is 17.2. The van der Waals surface area contributed by atoms with Gasteiger partial charge in [-0.1, -0.05) is 56.2 Å². The Hall–Kier alpha value is -2.62. The molecule has 25 heavy (non-hydrogen) atoms. The molecule has 1 aliphatic carbocycles. The lowest BCUT2D eigenvalue weighted by atomic mass is 9.87. The first-order valence-electron chi connectivity index (χ1n) is 8.79. The summed E-state index contributed by atoms with van der Waals surface area (Å²) in [5.74, 6) is -0.496. The van der Waals surface area contributed by atoms with Gasteiger partial charge in [0, 0.05) is 11.6 Å². The normalized spacial score (nSPS) is 20.0. The lowest BCUT2D eigenvalue weighted by Gasteiger charge is -2.27. The summed E-state index contributed by atoms with van der Waals surface area (Å²) >= 11 is 0. The van der Waals surface area contributed by atoms with Gasteiger partial charge >= 0.3 is 5.97 Å². The van der Waals surface area contributed by atoms with Crippen LogP contribution in [0.5, 0.6) is 0 Å². The van der Waals surface area contributed by atoms with E-state index in [1.54, 1.807) is 36.4 Å². The molecule has 1 amide bonds. The average Bonchev–Trinajstić information content (AvgIpc) is 2.61. The van der Waals surface area contributed by atoms with Crippen LogP contribution < -0.4 is 5.32 Å². The van der Waals surface area contributed by atoms with Gasteiger partial charge in [-0.2, -0.15) is 0 Å². The molecule has 1 aliphatic rings. The fourth-order valence-corrected chi connectivity index (χ4v) is 3.65. The number of carboxylic acid groups (broad SMARTS) is 1. The average molecular weight is 337 g/mol. The predicted molar refractivity (Wildman–Crippen MR) is 97.7 cm³/mol. The molecule has 0 saturated heterocycles. The number of amides is 1. The zero-order valence-electron chi connectivity index (χ0n) is 14.4. The van der Waals surface area contributed by atoms with Gasteiger partial charge in [-0.05, 0) is 42.0 Å². The van der Waals surface area contributed by atoms with Crippen molar-refractivity contribution in [1.82, 2.24) is 5.32 Å². The highest BCUT2D eigenvalue weighted by Gasteiger charge is 2.23. The summed E-state index contributed by atoms with van der Waals surface area (Å²) in [6.45, 7) is 2.22. The Morgan fingerprint density at radius 3 is 2.20 bits per heavy atom. The molecule has 3 rings (SSSR count). The number of rotatable bonds is 4. The molecule has 0 aromatic heterocycles. The van der Waals surface area contributed by atoms with E-state index in [9.17, 15) is 14.7 Å². The Kier molecular flexibility index (Phi) is 5.17. The third-order valence-electron chi connectivity index (χ3n) is 4.89. The maximum Gasteiger partial charge on any atom is 0.336 e. The molecule has 0 bridgehead atoms. The number of carbonyl (C=O) groups excluding carboxylic acids is 1. The van der Waals surface area contributed by atoms with Crippen LogP contribution in [-0.4, -0.2) is 23.0 Å². The number of carboxylic acids is 1. The van der Waals surface area contributed by atoms with Crippen LogP contribution in [0.2, 0.25) is 0 Å². The summed E-state index contributed by atoms with van der Waals surface area (Å²) in [4.78, 5) is 24.4. The Bertz CT molecular complexity index is 784. The number of benzene rings is 2. The topological polar surface area (TPSA) is 66.4 Å². The minimum absolute atomic E-state index is 0.130. The molecule has 0 radical (unpaired) electrons. The molecule has 0 aliphatic heterocycles. The van der Waals surface area contributed by atoms with Crippen molar-refractivity contribution in [1.29, 1.82) is 0 Å². The second kappa shape index (κ2) is 7.51. The van der Waals surface area contributed by atoms with Gasteiger partial charge in [-0.15, -0.1) is 0 Å². The molecule has 130 valence electrons. The quantitative estimate of drug-likeness (QED) is 0.871. The zero-order chi connectivity index (χ0) is 17.8. The Labute approximate surface area is 147 Å². The molecule has 0 spiro atoms. The Balaban J connectivity index is 1.91. The molecule has 4 heteroatoms. The molecule has 2 N–H and O–H groups in total. The van der Waals surface area contributed by atoms with Gasteiger partial charge in [0.1, 0.15) is 0 Å². The summed E-state index contributed by atoms with van der Waals surface area (Å²) in [7, 11) is 0. The molecule has 1 fully saturated rings. The van der Waals surface area contributed by atoms with Gasteiger partial charge in [0.05, 0.1) is 5.56 Å². The van der Waals surface area contributed by atoms with Crippen LogP contribution in [0.3, 0.4) is 0 Å². The molecule has 2 aromatic rings. The number of nitrogens with one attached hydrogen (secondary N) is 1. The summed E-state index contributed by atoms with van der Waals surface area (Å²) in [5, 5.41) is 12.6. The molecule has 1 saturated carbocycles. The van der Waals surface area contributed by atoms with Gasteiger partial charge < -0.3 is 10.4 Å². The van der Waals surface area contributed by atoms with Crippen LogP contribution in [0.1, 0.15) is 53.3 Å². The number of hydrogen-bond acceptors (Lipinski definition) is 2. The number of aromatic carboxylic acids is 1. The van der Waals surface area contributed by atoms with Crippen LogP contribution in [0.25, 0.3) is 11.1 Å². The molecular weight excluding hydrogens is 314 g/mol. The first-order valence-corrected chi connectivity index (χ1v) is 8.79. The molecule has 2 unspecified atom stereocenters. The fraction of sp³-hybridized carbons (Fsp3) is 0.333. The van der Waals surface area contributed by atoms with Gasteiger partial charge in [0.2, 0.25) is 0 Å². The summed E-state index contributed by atoms with van der Waals surface area (Å²) in [6.07, 6.45) is 4.36. The van der Waals surface area contributed by atoms with Gasteiger partial charge in [0.25, 0.3) is 5.91 Å². The zero-order valence-corrected chi connectivity index (χ0v) is 14.4. The lowest BCUT2D eigenvalue weighted by molar-refractivity contribution is 0.0697. The maximum atomic E-state index is 12.8. The van der Waals surface area contributed by atoms with Crippen molar-refractivity contribution in [3.63, 3.8) is 0 Å². The van der Waals surface area contributed by atoms with E-state index < -0.39 is 5.97 Å². The Morgan fingerprint density at radius 2 is 1.56 bits per heavy atom.